The maximum absolute atomic E-state index is 12.1. The highest BCUT2D eigenvalue weighted by Crippen LogP contribution is 2.64. The number of nitrogens with zero attached hydrogens (tertiary/aromatic N) is 4. The number of hydrogen-bond donors (Lipinski definition) is 0. The minimum Gasteiger partial charge on any atom is -0.340 e. The minimum atomic E-state index is -3.28. The van der Waals surface area contributed by atoms with Crippen LogP contribution in [-0.4, -0.2) is 54.4 Å². The first-order valence-electron chi connectivity index (χ1n) is 6.83. The van der Waals surface area contributed by atoms with Gasteiger partial charge in [-0.15, -0.1) is 0 Å². The maximum Gasteiger partial charge on any atom is 0.281 e. The molecule has 1 aliphatic heterocycles. The van der Waals surface area contributed by atoms with E-state index in [2.05, 4.69) is 10.1 Å². The zero-order valence-electron chi connectivity index (χ0n) is 12.0. The Morgan fingerprint density at radius 2 is 2.00 bits per heavy atom. The molecule has 7 nitrogen and oxygen atoms in total. The van der Waals surface area contributed by atoms with Crippen LogP contribution in [0.5, 0.6) is 0 Å². The molecule has 20 heavy (non-hydrogen) atoms. The number of hydrogen-bond acceptors (Lipinski definition) is 5. The standard InChI is InChI=1S/C12H20N4O3S/c1-9-13-11(14-19-9)10-8-12(10)4-6-16(7-5-12)20(17,18)15(2)3/h10H,4-8H2,1-3H3/t10-/m1/s1. The molecule has 1 aromatic heterocycles. The largest absolute Gasteiger partial charge is 0.340 e. The van der Waals surface area contributed by atoms with Gasteiger partial charge in [-0.05, 0) is 24.7 Å². The highest BCUT2D eigenvalue weighted by molar-refractivity contribution is 7.86. The van der Waals surface area contributed by atoms with Gasteiger partial charge in [0.25, 0.3) is 10.2 Å². The summed E-state index contributed by atoms with van der Waals surface area (Å²) >= 11 is 0. The summed E-state index contributed by atoms with van der Waals surface area (Å²) in [5, 5.41) is 4.00. The fraction of sp³-hybridized carbons (Fsp3) is 0.833. The Bertz CT molecular complexity index is 602. The molecule has 0 bridgehead atoms. The summed E-state index contributed by atoms with van der Waals surface area (Å²) in [6, 6.07) is 0. The van der Waals surface area contributed by atoms with Gasteiger partial charge in [-0.3, -0.25) is 0 Å². The first kappa shape index (κ1) is 14.0. The molecule has 1 aromatic rings. The Labute approximate surface area is 119 Å². The molecule has 0 amide bonds. The molecule has 1 atom stereocenters. The molecule has 1 saturated heterocycles. The summed E-state index contributed by atoms with van der Waals surface area (Å²) in [5.41, 5.74) is 0.189. The first-order valence-corrected chi connectivity index (χ1v) is 8.23. The van der Waals surface area contributed by atoms with Crippen molar-refractivity contribution in [2.75, 3.05) is 27.2 Å². The van der Waals surface area contributed by atoms with Gasteiger partial charge < -0.3 is 4.52 Å². The van der Waals surface area contributed by atoms with Gasteiger partial charge in [-0.1, -0.05) is 5.16 Å². The zero-order chi connectivity index (χ0) is 14.5. The fourth-order valence-electron chi connectivity index (χ4n) is 3.12. The van der Waals surface area contributed by atoms with Crippen LogP contribution in [0, 0.1) is 12.3 Å². The summed E-state index contributed by atoms with van der Waals surface area (Å²) in [4.78, 5) is 4.30. The van der Waals surface area contributed by atoms with Gasteiger partial charge in [0.2, 0.25) is 5.89 Å². The lowest BCUT2D eigenvalue weighted by Crippen LogP contribution is -2.45. The van der Waals surface area contributed by atoms with Crippen LogP contribution >= 0.6 is 0 Å². The van der Waals surface area contributed by atoms with Crippen LogP contribution in [0.3, 0.4) is 0 Å². The van der Waals surface area contributed by atoms with Gasteiger partial charge in [0, 0.05) is 40.0 Å². The second-order valence-electron chi connectivity index (χ2n) is 5.98. The average Bonchev–Trinajstić information content (AvgIpc) is 2.90. The molecule has 3 rings (SSSR count). The van der Waals surface area contributed by atoms with Crippen molar-refractivity contribution in [2.45, 2.75) is 32.1 Å². The Morgan fingerprint density at radius 3 is 2.50 bits per heavy atom. The molecule has 0 radical (unpaired) electrons. The van der Waals surface area contributed by atoms with Gasteiger partial charge in [0.05, 0.1) is 0 Å². The molecule has 8 heteroatoms. The van der Waals surface area contributed by atoms with E-state index in [1.807, 2.05) is 0 Å². The molecule has 2 fully saturated rings. The van der Waals surface area contributed by atoms with E-state index in [-0.39, 0.29) is 5.41 Å². The topological polar surface area (TPSA) is 79.5 Å². The molecule has 2 aliphatic rings. The van der Waals surface area contributed by atoms with Gasteiger partial charge in [0.15, 0.2) is 5.82 Å². The second kappa shape index (κ2) is 4.51. The van der Waals surface area contributed by atoms with Crippen LogP contribution in [0.4, 0.5) is 0 Å². The minimum absolute atomic E-state index is 0.189. The van der Waals surface area contributed by atoms with Crippen LogP contribution in [0.25, 0.3) is 0 Å². The lowest BCUT2D eigenvalue weighted by atomic mass is 9.92. The summed E-state index contributed by atoms with van der Waals surface area (Å²) in [6.45, 7) is 2.94. The molecule has 2 heterocycles. The van der Waals surface area contributed by atoms with Crippen molar-refractivity contribution in [1.29, 1.82) is 0 Å². The van der Waals surface area contributed by atoms with Crippen molar-refractivity contribution in [2.24, 2.45) is 5.41 Å². The van der Waals surface area contributed by atoms with Crippen LogP contribution in [0.2, 0.25) is 0 Å². The number of aromatic nitrogens is 2. The van der Waals surface area contributed by atoms with Crippen LogP contribution in [0.1, 0.15) is 36.9 Å². The molecular formula is C12H20N4O3S. The monoisotopic (exact) mass is 300 g/mol. The normalized spacial score (nSPS) is 26.3. The van der Waals surface area contributed by atoms with Gasteiger partial charge in [-0.25, -0.2) is 0 Å². The Balaban J connectivity index is 1.66. The van der Waals surface area contributed by atoms with Crippen molar-refractivity contribution in [3.05, 3.63) is 11.7 Å². The lowest BCUT2D eigenvalue weighted by molar-refractivity contribution is 0.240. The second-order valence-corrected chi connectivity index (χ2v) is 8.12. The van der Waals surface area contributed by atoms with Crippen molar-refractivity contribution in [1.82, 2.24) is 18.8 Å². The molecule has 1 aliphatic carbocycles. The Morgan fingerprint density at radius 1 is 1.35 bits per heavy atom. The highest BCUT2D eigenvalue weighted by atomic mass is 32.2. The van der Waals surface area contributed by atoms with E-state index in [1.54, 1.807) is 25.3 Å². The van der Waals surface area contributed by atoms with Crippen molar-refractivity contribution in [3.8, 4) is 0 Å². The molecule has 112 valence electrons. The predicted molar refractivity (Wildman–Crippen MR) is 72.2 cm³/mol. The van der Waals surface area contributed by atoms with E-state index < -0.39 is 10.2 Å². The lowest BCUT2D eigenvalue weighted by Gasteiger charge is -2.33. The third kappa shape index (κ3) is 2.15. The Hall–Kier alpha value is -0.990. The van der Waals surface area contributed by atoms with Crippen molar-refractivity contribution in [3.63, 3.8) is 0 Å². The summed E-state index contributed by atoms with van der Waals surface area (Å²) in [5.74, 6) is 1.71. The van der Waals surface area contributed by atoms with Gasteiger partial charge in [-0.2, -0.15) is 22.0 Å². The number of piperidine rings is 1. The van der Waals surface area contributed by atoms with Gasteiger partial charge in [0.1, 0.15) is 0 Å². The number of aryl methyl sites for hydroxylation is 1. The summed E-state index contributed by atoms with van der Waals surface area (Å²) in [6.07, 6.45) is 2.79. The van der Waals surface area contributed by atoms with Crippen molar-refractivity contribution >= 4 is 10.2 Å². The van der Waals surface area contributed by atoms with Crippen molar-refractivity contribution < 1.29 is 12.9 Å². The van der Waals surface area contributed by atoms with E-state index in [1.165, 1.54) is 4.31 Å². The van der Waals surface area contributed by atoms with Crippen LogP contribution in [-0.2, 0) is 10.2 Å². The average molecular weight is 300 g/mol. The Kier molecular flexibility index (Phi) is 3.15. The first-order chi connectivity index (χ1) is 9.35. The zero-order valence-corrected chi connectivity index (χ0v) is 12.9. The van der Waals surface area contributed by atoms with E-state index in [0.29, 0.717) is 24.9 Å². The number of rotatable bonds is 3. The molecule has 1 saturated carbocycles. The maximum atomic E-state index is 12.1. The van der Waals surface area contributed by atoms with E-state index in [9.17, 15) is 8.42 Å². The SMILES string of the molecule is Cc1nc([C@H]2CC23CCN(S(=O)(=O)N(C)C)CC3)no1. The molecule has 0 N–H and O–H groups in total. The molecule has 1 spiro atoms. The van der Waals surface area contributed by atoms with Crippen LogP contribution in [0.15, 0.2) is 4.52 Å². The quantitative estimate of drug-likeness (QED) is 0.823. The van der Waals surface area contributed by atoms with E-state index in [0.717, 1.165) is 25.1 Å². The molecule has 0 aromatic carbocycles. The van der Waals surface area contributed by atoms with E-state index in [4.69, 9.17) is 4.52 Å². The van der Waals surface area contributed by atoms with Gasteiger partial charge >= 0.3 is 0 Å². The summed E-state index contributed by atoms with van der Waals surface area (Å²) < 4.78 is 32.0. The molecule has 0 unspecified atom stereocenters. The van der Waals surface area contributed by atoms with Crippen LogP contribution < -0.4 is 0 Å². The predicted octanol–water partition coefficient (Wildman–Crippen LogP) is 0.754. The third-order valence-electron chi connectivity index (χ3n) is 4.55. The highest BCUT2D eigenvalue weighted by Gasteiger charge is 2.58. The smallest absolute Gasteiger partial charge is 0.281 e. The molecular weight excluding hydrogens is 280 g/mol. The fourth-order valence-corrected chi connectivity index (χ4v) is 4.22. The third-order valence-corrected chi connectivity index (χ3v) is 6.49. The summed E-state index contributed by atoms with van der Waals surface area (Å²) in [7, 11) is -0.141. The van der Waals surface area contributed by atoms with E-state index >= 15 is 0 Å².